The summed E-state index contributed by atoms with van der Waals surface area (Å²) in [6.07, 6.45) is 1.62. The van der Waals surface area contributed by atoms with Crippen LogP contribution in [-0.4, -0.2) is 13.0 Å². The number of halogens is 1. The van der Waals surface area contributed by atoms with Crippen molar-refractivity contribution in [1.82, 2.24) is 5.32 Å². The quantitative estimate of drug-likeness (QED) is 0.480. The van der Waals surface area contributed by atoms with Crippen LogP contribution in [0.3, 0.4) is 0 Å². The van der Waals surface area contributed by atoms with E-state index in [1.54, 1.807) is 13.0 Å². The third-order valence-electron chi connectivity index (χ3n) is 1.04. The van der Waals surface area contributed by atoms with E-state index in [9.17, 15) is 4.79 Å². The van der Waals surface area contributed by atoms with Crippen molar-refractivity contribution >= 4 is 17.5 Å². The molecule has 0 aliphatic rings. The first-order valence-corrected chi connectivity index (χ1v) is 3.24. The number of nitrogens with one attached hydrogen (secondary N) is 1. The molecule has 0 rings (SSSR count). The maximum Gasteiger partial charge on any atom is 0.251 e. The molecule has 1 N–H and O–H groups in total. The smallest absolute Gasteiger partial charge is 0.251 e. The molecule has 0 aromatic heterocycles. The summed E-state index contributed by atoms with van der Waals surface area (Å²) < 4.78 is 0. The highest BCUT2D eigenvalue weighted by Crippen LogP contribution is 2.11. The summed E-state index contributed by atoms with van der Waals surface area (Å²) in [5.74, 6) is -0.247. The molecule has 10 heavy (non-hydrogen) atoms. The van der Waals surface area contributed by atoms with E-state index in [0.29, 0.717) is 10.6 Å². The van der Waals surface area contributed by atoms with Crippen LogP contribution in [0.2, 0.25) is 0 Å². The van der Waals surface area contributed by atoms with Crippen LogP contribution in [0.25, 0.3) is 0 Å². The van der Waals surface area contributed by atoms with E-state index >= 15 is 0 Å². The predicted molar refractivity (Wildman–Crippen MR) is 42.8 cm³/mol. The molecule has 2 nitrogen and oxygen atoms in total. The van der Waals surface area contributed by atoms with Gasteiger partial charge in [0.05, 0.1) is 5.57 Å². The lowest BCUT2D eigenvalue weighted by Crippen LogP contribution is -2.19. The molecule has 0 spiro atoms. The monoisotopic (exact) mass is 159 g/mol. The third kappa shape index (κ3) is 2.23. The summed E-state index contributed by atoms with van der Waals surface area (Å²) in [4.78, 5) is 10.8. The summed E-state index contributed by atoms with van der Waals surface area (Å²) in [7, 11) is 1.54. The zero-order chi connectivity index (χ0) is 8.15. The maximum atomic E-state index is 10.8. The molecule has 0 atom stereocenters. The molecule has 0 aromatic carbocycles. The van der Waals surface area contributed by atoms with Gasteiger partial charge in [0.2, 0.25) is 0 Å². The van der Waals surface area contributed by atoms with Crippen molar-refractivity contribution < 1.29 is 4.79 Å². The van der Waals surface area contributed by atoms with E-state index < -0.39 is 0 Å². The van der Waals surface area contributed by atoms with Crippen molar-refractivity contribution in [1.29, 1.82) is 0 Å². The summed E-state index contributed by atoms with van der Waals surface area (Å²) >= 11 is 5.59. The van der Waals surface area contributed by atoms with Gasteiger partial charge in [0.15, 0.2) is 0 Å². The van der Waals surface area contributed by atoms with E-state index in [4.69, 9.17) is 11.6 Å². The third-order valence-corrected chi connectivity index (χ3v) is 1.49. The molecule has 0 saturated heterocycles. The Morgan fingerprint density at radius 2 is 2.20 bits per heavy atom. The van der Waals surface area contributed by atoms with Crippen molar-refractivity contribution in [3.63, 3.8) is 0 Å². The minimum atomic E-state index is -0.247. The summed E-state index contributed by atoms with van der Waals surface area (Å²) in [5.41, 5.74) is 0.298. The second kappa shape index (κ2) is 4.12. The highest BCUT2D eigenvalue weighted by Gasteiger charge is 2.05. The van der Waals surface area contributed by atoms with E-state index in [1.165, 1.54) is 7.05 Å². The fraction of sp³-hybridized carbons (Fsp3) is 0.286. The molecular formula is C7H10ClNO. The highest BCUT2D eigenvalue weighted by atomic mass is 35.5. The molecular weight excluding hydrogens is 150 g/mol. The van der Waals surface area contributed by atoms with Crippen molar-refractivity contribution in [3.8, 4) is 0 Å². The highest BCUT2D eigenvalue weighted by molar-refractivity contribution is 6.35. The molecule has 3 heteroatoms. The van der Waals surface area contributed by atoms with Gasteiger partial charge in [-0.2, -0.15) is 0 Å². The molecule has 0 radical (unpaired) electrons. The molecule has 0 aliphatic carbocycles. The Bertz CT molecular complexity index is 184. The standard InChI is InChI=1S/C7H10ClNO/c1-4-6(8)5(2)7(10)9-3/h4H,2H2,1,3H3,(H,9,10)/b6-4+. The van der Waals surface area contributed by atoms with Crippen molar-refractivity contribution in [2.75, 3.05) is 7.05 Å². The largest absolute Gasteiger partial charge is 0.355 e. The minimum Gasteiger partial charge on any atom is -0.355 e. The van der Waals surface area contributed by atoms with Crippen LogP contribution >= 0.6 is 11.6 Å². The Hall–Kier alpha value is -0.760. The zero-order valence-corrected chi connectivity index (χ0v) is 6.83. The van der Waals surface area contributed by atoms with Crippen molar-refractivity contribution in [2.45, 2.75) is 6.92 Å². The van der Waals surface area contributed by atoms with Gasteiger partial charge in [-0.1, -0.05) is 24.3 Å². The topological polar surface area (TPSA) is 29.1 Å². The van der Waals surface area contributed by atoms with Crippen LogP contribution in [0, 0.1) is 0 Å². The lowest BCUT2D eigenvalue weighted by Gasteiger charge is -1.99. The van der Waals surface area contributed by atoms with Gasteiger partial charge in [-0.15, -0.1) is 0 Å². The Kier molecular flexibility index (Phi) is 3.81. The fourth-order valence-electron chi connectivity index (χ4n) is 0.434. The molecule has 56 valence electrons. The molecule has 1 amide bonds. The molecule has 0 unspecified atom stereocenters. The fourth-order valence-corrected chi connectivity index (χ4v) is 0.519. The predicted octanol–water partition coefficient (Wildman–Crippen LogP) is 1.43. The van der Waals surface area contributed by atoms with Gasteiger partial charge in [0, 0.05) is 12.1 Å². The first-order chi connectivity index (χ1) is 4.63. The molecule has 0 fully saturated rings. The van der Waals surface area contributed by atoms with Gasteiger partial charge in [-0.3, -0.25) is 4.79 Å². The van der Waals surface area contributed by atoms with Crippen LogP contribution in [0.4, 0.5) is 0 Å². The SMILES string of the molecule is C=C(C(=O)NC)/C(Cl)=C\C. The first-order valence-electron chi connectivity index (χ1n) is 2.86. The van der Waals surface area contributed by atoms with Crippen LogP contribution < -0.4 is 5.32 Å². The molecule has 0 bridgehead atoms. The summed E-state index contributed by atoms with van der Waals surface area (Å²) in [5, 5.41) is 2.80. The van der Waals surface area contributed by atoms with Gasteiger partial charge in [0.25, 0.3) is 5.91 Å². The average molecular weight is 160 g/mol. The second-order valence-electron chi connectivity index (χ2n) is 1.69. The van der Waals surface area contributed by atoms with Crippen molar-refractivity contribution in [2.24, 2.45) is 0 Å². The maximum absolute atomic E-state index is 10.8. The lowest BCUT2D eigenvalue weighted by atomic mass is 10.2. The van der Waals surface area contributed by atoms with Gasteiger partial charge >= 0.3 is 0 Å². The van der Waals surface area contributed by atoms with Crippen LogP contribution in [-0.2, 0) is 4.79 Å². The Labute approximate surface area is 65.6 Å². The molecule has 0 aliphatic heterocycles. The number of hydrogen-bond donors (Lipinski definition) is 1. The van der Waals surface area contributed by atoms with Gasteiger partial charge < -0.3 is 5.32 Å². The number of carbonyl (C=O) groups excluding carboxylic acids is 1. The normalized spacial score (nSPS) is 10.9. The van der Waals surface area contributed by atoms with Gasteiger partial charge in [0.1, 0.15) is 0 Å². The summed E-state index contributed by atoms with van der Waals surface area (Å²) in [6.45, 7) is 5.23. The zero-order valence-electron chi connectivity index (χ0n) is 6.07. The van der Waals surface area contributed by atoms with E-state index in [0.717, 1.165) is 0 Å². The first kappa shape index (κ1) is 9.24. The number of rotatable bonds is 2. The molecule has 0 saturated carbocycles. The lowest BCUT2D eigenvalue weighted by molar-refractivity contribution is -0.116. The van der Waals surface area contributed by atoms with Gasteiger partial charge in [-0.05, 0) is 6.92 Å². The number of hydrogen-bond acceptors (Lipinski definition) is 1. The van der Waals surface area contributed by atoms with Crippen molar-refractivity contribution in [3.05, 3.63) is 23.3 Å². The van der Waals surface area contributed by atoms with Crippen LogP contribution in [0.1, 0.15) is 6.92 Å². The Morgan fingerprint density at radius 3 is 2.50 bits per heavy atom. The van der Waals surface area contributed by atoms with Gasteiger partial charge in [-0.25, -0.2) is 0 Å². The Morgan fingerprint density at radius 1 is 1.70 bits per heavy atom. The average Bonchev–Trinajstić information content (AvgIpc) is 2.00. The summed E-state index contributed by atoms with van der Waals surface area (Å²) in [6, 6.07) is 0. The van der Waals surface area contributed by atoms with Crippen LogP contribution in [0.15, 0.2) is 23.3 Å². The molecule has 0 heterocycles. The second-order valence-corrected chi connectivity index (χ2v) is 2.10. The van der Waals surface area contributed by atoms with E-state index in [1.807, 2.05) is 0 Å². The number of likely N-dealkylation sites (N-methyl/N-ethyl adjacent to an activating group) is 1. The number of allylic oxidation sites excluding steroid dienone is 1. The number of amides is 1. The minimum absolute atomic E-state index is 0.247. The van der Waals surface area contributed by atoms with E-state index in [-0.39, 0.29) is 5.91 Å². The molecule has 0 aromatic rings. The number of carbonyl (C=O) groups is 1. The van der Waals surface area contributed by atoms with Crippen LogP contribution in [0.5, 0.6) is 0 Å². The Balaban J connectivity index is 4.23. The van der Waals surface area contributed by atoms with E-state index in [2.05, 4.69) is 11.9 Å².